The SMILES string of the molecule is CN=CN=C(C)N(C)c1ccccccccc1. The van der Waals surface area contributed by atoms with Crippen LogP contribution in [0.15, 0.2) is 64.6 Å². The van der Waals surface area contributed by atoms with Crippen LogP contribution in [0.3, 0.4) is 0 Å². The monoisotopic (exact) mass is 241 g/mol. The van der Waals surface area contributed by atoms with Gasteiger partial charge in [-0.2, -0.15) is 0 Å². The van der Waals surface area contributed by atoms with Crippen LogP contribution in [0, 0.1) is 0 Å². The van der Waals surface area contributed by atoms with E-state index in [0.717, 1.165) is 11.5 Å². The second-order valence-electron chi connectivity index (χ2n) is 3.71. The predicted octanol–water partition coefficient (Wildman–Crippen LogP) is 3.32. The van der Waals surface area contributed by atoms with Crippen molar-refractivity contribution in [3.63, 3.8) is 0 Å². The fourth-order valence-corrected chi connectivity index (χ4v) is 1.32. The Kier molecular flexibility index (Phi) is 6.19. The molecule has 1 aromatic carbocycles. The molecule has 3 heteroatoms. The van der Waals surface area contributed by atoms with E-state index in [4.69, 9.17) is 0 Å². The summed E-state index contributed by atoms with van der Waals surface area (Å²) in [4.78, 5) is 10.1. The number of amidine groups is 1. The van der Waals surface area contributed by atoms with Crippen molar-refractivity contribution >= 4 is 17.9 Å². The summed E-state index contributed by atoms with van der Waals surface area (Å²) in [6.45, 7) is 1.95. The van der Waals surface area contributed by atoms with Gasteiger partial charge in [0.2, 0.25) is 0 Å². The van der Waals surface area contributed by atoms with Crippen LogP contribution >= 0.6 is 0 Å². The third kappa shape index (κ3) is 4.78. The first kappa shape index (κ1) is 13.9. The number of hydrogen-bond donors (Lipinski definition) is 0. The summed E-state index contributed by atoms with van der Waals surface area (Å²) in [6.07, 6.45) is 1.55. The minimum Gasteiger partial charge on any atom is -0.333 e. The van der Waals surface area contributed by atoms with Gasteiger partial charge in [-0.05, 0) is 19.1 Å². The Labute approximate surface area is 109 Å². The van der Waals surface area contributed by atoms with Gasteiger partial charge in [0.25, 0.3) is 0 Å². The standard InChI is InChI=1S/C15H19N3/c1-14(17-13-16-2)18(3)15-11-9-7-5-4-6-8-10-12-15/h4-13H,1-3H3. The largest absolute Gasteiger partial charge is 0.333 e. The highest BCUT2D eigenvalue weighted by Crippen LogP contribution is 2.09. The van der Waals surface area contributed by atoms with Crippen LogP contribution in [0.25, 0.3) is 0 Å². The Morgan fingerprint density at radius 1 is 1.00 bits per heavy atom. The molecule has 1 rings (SSSR count). The lowest BCUT2D eigenvalue weighted by atomic mass is 10.3. The first-order valence-corrected chi connectivity index (χ1v) is 5.83. The van der Waals surface area contributed by atoms with Crippen LogP contribution in [-0.4, -0.2) is 26.3 Å². The first-order chi connectivity index (χ1) is 8.75. The fraction of sp³-hybridized carbons (Fsp3) is 0.200. The predicted molar refractivity (Wildman–Crippen MR) is 80.0 cm³/mol. The highest BCUT2D eigenvalue weighted by molar-refractivity contribution is 5.99. The van der Waals surface area contributed by atoms with E-state index < -0.39 is 0 Å². The van der Waals surface area contributed by atoms with E-state index in [1.54, 1.807) is 13.4 Å². The topological polar surface area (TPSA) is 28.0 Å². The minimum atomic E-state index is 0.890. The molecule has 0 amide bonds. The van der Waals surface area contributed by atoms with E-state index in [-0.39, 0.29) is 0 Å². The van der Waals surface area contributed by atoms with Gasteiger partial charge >= 0.3 is 0 Å². The molecule has 3 nitrogen and oxygen atoms in total. The van der Waals surface area contributed by atoms with Gasteiger partial charge in [0.15, 0.2) is 0 Å². The molecule has 0 saturated carbocycles. The Morgan fingerprint density at radius 3 is 2.00 bits per heavy atom. The lowest BCUT2D eigenvalue weighted by Gasteiger charge is -2.17. The van der Waals surface area contributed by atoms with Crippen molar-refractivity contribution in [1.82, 2.24) is 0 Å². The molecule has 0 unspecified atom stereocenters. The van der Waals surface area contributed by atoms with Crippen LogP contribution in [0.2, 0.25) is 0 Å². The van der Waals surface area contributed by atoms with E-state index in [2.05, 4.69) is 9.98 Å². The molecule has 0 heterocycles. The molecule has 0 radical (unpaired) electrons. The van der Waals surface area contributed by atoms with Gasteiger partial charge in [0.1, 0.15) is 12.2 Å². The molecule has 0 fully saturated rings. The molecule has 94 valence electrons. The maximum atomic E-state index is 4.23. The average Bonchev–Trinajstić information content (AvgIpc) is 2.41. The molecule has 0 aromatic heterocycles. The van der Waals surface area contributed by atoms with Gasteiger partial charge in [0, 0.05) is 19.8 Å². The maximum absolute atomic E-state index is 4.23. The molecule has 18 heavy (non-hydrogen) atoms. The van der Waals surface area contributed by atoms with Crippen molar-refractivity contribution in [2.75, 3.05) is 19.0 Å². The number of nitrogens with zero attached hydrogens (tertiary/aromatic N) is 3. The smallest absolute Gasteiger partial charge is 0.111 e. The van der Waals surface area contributed by atoms with E-state index in [0.29, 0.717) is 0 Å². The van der Waals surface area contributed by atoms with E-state index in [9.17, 15) is 0 Å². The molecule has 0 atom stereocenters. The average molecular weight is 241 g/mol. The third-order valence-corrected chi connectivity index (χ3v) is 2.43. The summed E-state index contributed by atoms with van der Waals surface area (Å²) < 4.78 is 0. The van der Waals surface area contributed by atoms with Crippen molar-refractivity contribution in [3.05, 3.63) is 54.6 Å². The summed E-state index contributed by atoms with van der Waals surface area (Å²) in [6, 6.07) is 18.1. The molecule has 0 aliphatic rings. The Bertz CT molecular complexity index is 452. The van der Waals surface area contributed by atoms with Crippen LogP contribution in [-0.2, 0) is 0 Å². The normalized spacial score (nSPS) is 11.2. The van der Waals surface area contributed by atoms with E-state index in [1.807, 2.05) is 73.5 Å². The second-order valence-corrected chi connectivity index (χ2v) is 3.71. The Balaban J connectivity index is 3.09. The quantitative estimate of drug-likeness (QED) is 0.576. The zero-order valence-corrected chi connectivity index (χ0v) is 11.1. The van der Waals surface area contributed by atoms with Gasteiger partial charge < -0.3 is 4.90 Å². The molecule has 0 saturated heterocycles. The van der Waals surface area contributed by atoms with Gasteiger partial charge in [-0.15, -0.1) is 0 Å². The minimum absolute atomic E-state index is 0.890. The lowest BCUT2D eigenvalue weighted by Crippen LogP contribution is -2.23. The molecule has 0 spiro atoms. The molecular weight excluding hydrogens is 222 g/mol. The molecule has 0 bridgehead atoms. The highest BCUT2D eigenvalue weighted by Gasteiger charge is 2.00. The lowest BCUT2D eigenvalue weighted by molar-refractivity contribution is 1.25. The third-order valence-electron chi connectivity index (χ3n) is 2.43. The van der Waals surface area contributed by atoms with Crippen molar-refractivity contribution in [3.8, 4) is 0 Å². The zero-order chi connectivity index (χ0) is 13.2. The maximum Gasteiger partial charge on any atom is 0.111 e. The van der Waals surface area contributed by atoms with Crippen LogP contribution < -0.4 is 4.90 Å². The number of rotatable bonds is 2. The molecular formula is C15H19N3. The van der Waals surface area contributed by atoms with Gasteiger partial charge in [-0.3, -0.25) is 4.99 Å². The van der Waals surface area contributed by atoms with Gasteiger partial charge in [0.05, 0.1) is 0 Å². The van der Waals surface area contributed by atoms with Crippen molar-refractivity contribution in [2.24, 2.45) is 9.98 Å². The molecule has 0 aliphatic carbocycles. The van der Waals surface area contributed by atoms with Crippen LogP contribution in [0.5, 0.6) is 0 Å². The van der Waals surface area contributed by atoms with Crippen LogP contribution in [0.4, 0.5) is 5.69 Å². The first-order valence-electron chi connectivity index (χ1n) is 5.83. The zero-order valence-electron chi connectivity index (χ0n) is 11.1. The van der Waals surface area contributed by atoms with Crippen molar-refractivity contribution in [2.45, 2.75) is 6.92 Å². The number of hydrogen-bond acceptors (Lipinski definition) is 1. The van der Waals surface area contributed by atoms with Gasteiger partial charge in [-0.1, -0.05) is 42.5 Å². The number of aliphatic imine (C=N–C) groups is 2. The van der Waals surface area contributed by atoms with Crippen LogP contribution in [0.1, 0.15) is 6.92 Å². The summed E-state index contributed by atoms with van der Waals surface area (Å²) in [7, 11) is 3.69. The highest BCUT2D eigenvalue weighted by atomic mass is 15.2. The Morgan fingerprint density at radius 2 is 1.50 bits per heavy atom. The number of anilines is 1. The summed E-state index contributed by atoms with van der Waals surface area (Å²) >= 11 is 0. The second kappa shape index (κ2) is 8.01. The molecule has 1 aromatic rings. The van der Waals surface area contributed by atoms with E-state index >= 15 is 0 Å². The molecule has 0 N–H and O–H groups in total. The van der Waals surface area contributed by atoms with Gasteiger partial charge in [-0.25, -0.2) is 4.99 Å². The van der Waals surface area contributed by atoms with E-state index in [1.165, 1.54) is 0 Å². The summed E-state index contributed by atoms with van der Waals surface area (Å²) in [5.74, 6) is 0.890. The molecule has 0 aliphatic heterocycles. The summed E-state index contributed by atoms with van der Waals surface area (Å²) in [5, 5.41) is 0. The summed E-state index contributed by atoms with van der Waals surface area (Å²) in [5.41, 5.74) is 1.07. The van der Waals surface area contributed by atoms with Crippen molar-refractivity contribution < 1.29 is 0 Å². The van der Waals surface area contributed by atoms with Crippen molar-refractivity contribution in [1.29, 1.82) is 0 Å². The Hall–Kier alpha value is -2.16. The fourth-order valence-electron chi connectivity index (χ4n) is 1.32.